The third kappa shape index (κ3) is 7.47. The summed E-state index contributed by atoms with van der Waals surface area (Å²) in [5.74, 6) is -0.612. The Hall–Kier alpha value is -0.950. The highest BCUT2D eigenvalue weighted by Gasteiger charge is 2.33. The van der Waals surface area contributed by atoms with Crippen LogP contribution < -0.4 is 0 Å². The second-order valence-electron chi connectivity index (χ2n) is 5.49. The highest BCUT2D eigenvalue weighted by atomic mass is 31.2. The normalized spacial score (nSPS) is 12.3. The molecule has 0 amide bonds. The highest BCUT2D eigenvalue weighted by molar-refractivity contribution is 7.53. The Bertz CT molecular complexity index is 644. The highest BCUT2D eigenvalue weighted by Crippen LogP contribution is 2.55. The molecule has 28 heavy (non-hydrogen) atoms. The van der Waals surface area contributed by atoms with Gasteiger partial charge in [-0.25, -0.2) is 4.79 Å². The molecule has 0 unspecified atom stereocenters. The summed E-state index contributed by atoms with van der Waals surface area (Å²) in [6, 6.07) is 1.40. The molecule has 1 rings (SSSR count). The number of ether oxygens (including phenoxy) is 1. The number of carbonyl (C=O) groups excluding carboxylic acids is 1. The fraction of sp³-hybridized carbons (Fsp3) is 0.706. The van der Waals surface area contributed by atoms with Crippen molar-refractivity contribution in [2.24, 2.45) is 0 Å². The van der Waals surface area contributed by atoms with Crippen molar-refractivity contribution in [2.45, 2.75) is 46.9 Å². The summed E-state index contributed by atoms with van der Waals surface area (Å²) in [6.45, 7) is 9.33. The van der Waals surface area contributed by atoms with Crippen molar-refractivity contribution in [3.05, 3.63) is 23.2 Å². The number of hydrogen-bond donors (Lipinski definition) is 0. The third-order valence-electron chi connectivity index (χ3n) is 3.38. The predicted octanol–water partition coefficient (Wildman–Crippen LogP) is 4.99. The Kier molecular flexibility index (Phi) is 10.7. The van der Waals surface area contributed by atoms with E-state index >= 15 is 0 Å². The van der Waals surface area contributed by atoms with E-state index in [-0.39, 0.29) is 56.9 Å². The molecule has 0 radical (unpaired) electrons. The number of esters is 1. The Morgan fingerprint density at radius 1 is 0.821 bits per heavy atom. The van der Waals surface area contributed by atoms with Gasteiger partial charge in [0.15, 0.2) is 0 Å². The molecule has 0 bridgehead atoms. The second kappa shape index (κ2) is 11.9. The van der Waals surface area contributed by atoms with Crippen molar-refractivity contribution in [2.75, 3.05) is 33.0 Å². The quantitative estimate of drug-likeness (QED) is 0.292. The maximum absolute atomic E-state index is 12.9. The number of rotatable bonds is 14. The molecular formula is C17H30O9P2. The van der Waals surface area contributed by atoms with Crippen LogP contribution in [0.1, 0.15) is 56.5 Å². The lowest BCUT2D eigenvalue weighted by Gasteiger charge is -2.18. The first-order chi connectivity index (χ1) is 13.3. The molecular weight excluding hydrogens is 410 g/mol. The first-order valence-electron chi connectivity index (χ1n) is 9.31. The number of furan rings is 1. The Morgan fingerprint density at radius 2 is 1.29 bits per heavy atom. The lowest BCUT2D eigenvalue weighted by molar-refractivity contribution is 0.0488. The summed E-state index contributed by atoms with van der Waals surface area (Å²) < 4.78 is 57.6. The maximum Gasteiger partial charge on any atom is 0.374 e. The van der Waals surface area contributed by atoms with Gasteiger partial charge in [-0.2, -0.15) is 0 Å². The van der Waals surface area contributed by atoms with E-state index in [2.05, 4.69) is 0 Å². The van der Waals surface area contributed by atoms with Crippen molar-refractivity contribution >= 4 is 21.2 Å². The lowest BCUT2D eigenvalue weighted by Crippen LogP contribution is -2.02. The van der Waals surface area contributed by atoms with E-state index in [0.717, 1.165) is 0 Å². The molecule has 1 heterocycles. The fourth-order valence-corrected chi connectivity index (χ4v) is 5.86. The van der Waals surface area contributed by atoms with Gasteiger partial charge in [0.05, 0.1) is 39.2 Å². The standard InChI is InChI=1S/C17H30O9P2/c1-6-21-17(18)15-11-14(12-27(19,22-7-2)23-8-3)16(26-15)13-28(20,24-9-4)25-10-5/h11H,6-10,12-13H2,1-5H3. The summed E-state index contributed by atoms with van der Waals surface area (Å²) in [6.07, 6.45) is -0.368. The van der Waals surface area contributed by atoms with E-state index in [0.29, 0.717) is 5.56 Å². The predicted molar refractivity (Wildman–Crippen MR) is 104 cm³/mol. The van der Waals surface area contributed by atoms with Crippen LogP contribution >= 0.6 is 15.2 Å². The first-order valence-corrected chi connectivity index (χ1v) is 12.8. The van der Waals surface area contributed by atoms with Crippen molar-refractivity contribution in [1.29, 1.82) is 0 Å². The molecule has 0 saturated carbocycles. The van der Waals surface area contributed by atoms with Crippen LogP contribution in [0.15, 0.2) is 10.5 Å². The van der Waals surface area contributed by atoms with Crippen LogP contribution in [0.4, 0.5) is 0 Å². The largest absolute Gasteiger partial charge is 0.460 e. The molecule has 11 heteroatoms. The van der Waals surface area contributed by atoms with Gasteiger partial charge in [0.1, 0.15) is 11.9 Å². The molecule has 0 N–H and O–H groups in total. The Balaban J connectivity index is 3.30. The zero-order valence-electron chi connectivity index (χ0n) is 17.1. The molecule has 0 spiro atoms. The van der Waals surface area contributed by atoms with Gasteiger partial charge in [0, 0.05) is 5.56 Å². The molecule has 1 aromatic heterocycles. The Morgan fingerprint density at radius 3 is 1.71 bits per heavy atom. The molecule has 0 aliphatic carbocycles. The van der Waals surface area contributed by atoms with Gasteiger partial charge in [-0.3, -0.25) is 9.13 Å². The van der Waals surface area contributed by atoms with Crippen molar-refractivity contribution in [3.63, 3.8) is 0 Å². The molecule has 0 aliphatic heterocycles. The summed E-state index contributed by atoms with van der Waals surface area (Å²) in [5.41, 5.74) is 0.368. The van der Waals surface area contributed by atoms with Crippen molar-refractivity contribution < 1.29 is 41.2 Å². The average Bonchev–Trinajstić information content (AvgIpc) is 2.97. The maximum atomic E-state index is 12.9. The lowest BCUT2D eigenvalue weighted by atomic mass is 10.3. The van der Waals surface area contributed by atoms with Crippen LogP contribution in [0.3, 0.4) is 0 Å². The van der Waals surface area contributed by atoms with Crippen LogP contribution in [0, 0.1) is 0 Å². The fourth-order valence-electron chi connectivity index (χ4n) is 2.47. The summed E-state index contributed by atoms with van der Waals surface area (Å²) in [4.78, 5) is 12.1. The second-order valence-corrected chi connectivity index (χ2v) is 9.60. The van der Waals surface area contributed by atoms with Crippen LogP contribution in [0.2, 0.25) is 0 Å². The molecule has 0 atom stereocenters. The van der Waals surface area contributed by atoms with E-state index in [4.69, 9.17) is 27.2 Å². The molecule has 1 aromatic rings. The van der Waals surface area contributed by atoms with Gasteiger partial charge in [0.25, 0.3) is 0 Å². The average molecular weight is 440 g/mol. The van der Waals surface area contributed by atoms with Gasteiger partial charge in [-0.05, 0) is 40.7 Å². The molecule has 0 fully saturated rings. The van der Waals surface area contributed by atoms with E-state index in [9.17, 15) is 13.9 Å². The molecule has 0 aromatic carbocycles. The van der Waals surface area contributed by atoms with Gasteiger partial charge in [-0.15, -0.1) is 0 Å². The smallest absolute Gasteiger partial charge is 0.374 e. The monoisotopic (exact) mass is 440 g/mol. The van der Waals surface area contributed by atoms with Crippen LogP contribution in [-0.2, 0) is 44.3 Å². The topological polar surface area (TPSA) is 111 Å². The molecule has 0 saturated heterocycles. The van der Waals surface area contributed by atoms with Crippen molar-refractivity contribution in [1.82, 2.24) is 0 Å². The summed E-state index contributed by atoms with van der Waals surface area (Å²) in [5, 5.41) is 0. The van der Waals surface area contributed by atoms with Crippen LogP contribution in [-0.4, -0.2) is 39.0 Å². The zero-order chi connectivity index (χ0) is 21.2. The van der Waals surface area contributed by atoms with E-state index in [1.165, 1.54) is 6.07 Å². The minimum Gasteiger partial charge on any atom is -0.460 e. The van der Waals surface area contributed by atoms with E-state index in [1.54, 1.807) is 34.6 Å². The van der Waals surface area contributed by atoms with Crippen LogP contribution in [0.5, 0.6) is 0 Å². The summed E-state index contributed by atoms with van der Waals surface area (Å²) in [7, 11) is -6.99. The van der Waals surface area contributed by atoms with Gasteiger partial charge >= 0.3 is 21.2 Å². The molecule has 162 valence electrons. The number of carbonyl (C=O) groups is 1. The Labute approximate surface area is 166 Å². The van der Waals surface area contributed by atoms with Crippen LogP contribution in [0.25, 0.3) is 0 Å². The zero-order valence-corrected chi connectivity index (χ0v) is 18.9. The molecule has 9 nitrogen and oxygen atoms in total. The molecule has 0 aliphatic rings. The third-order valence-corrected chi connectivity index (χ3v) is 7.39. The first kappa shape index (κ1) is 25.1. The van der Waals surface area contributed by atoms with Gasteiger partial charge in [-0.1, -0.05) is 0 Å². The SMILES string of the molecule is CCOC(=O)c1cc(CP(=O)(OCC)OCC)c(CP(=O)(OCC)OCC)o1. The minimum atomic E-state index is -3.51. The van der Waals surface area contributed by atoms with E-state index < -0.39 is 21.2 Å². The summed E-state index contributed by atoms with van der Waals surface area (Å²) >= 11 is 0. The van der Waals surface area contributed by atoms with Gasteiger partial charge in [0.2, 0.25) is 5.76 Å². The van der Waals surface area contributed by atoms with Crippen molar-refractivity contribution in [3.8, 4) is 0 Å². The van der Waals surface area contributed by atoms with Gasteiger partial charge < -0.3 is 27.2 Å². The number of hydrogen-bond acceptors (Lipinski definition) is 9. The van der Waals surface area contributed by atoms with E-state index in [1.807, 2.05) is 0 Å². The minimum absolute atomic E-state index is 0.0917.